The molecule has 0 fully saturated rings. The van der Waals surface area contributed by atoms with Gasteiger partial charge in [-0.3, -0.25) is 0 Å². The first-order chi connectivity index (χ1) is 15.9. The Bertz CT molecular complexity index is 96.7. The van der Waals surface area contributed by atoms with Gasteiger partial charge in [0.05, 0.1) is 53.4 Å². The molecule has 0 heterocycles. The molecule has 0 spiro atoms. The first-order valence-corrected chi connectivity index (χ1v) is 17.4. The largest absolute Gasteiger partial charge is 0.394 e. The summed E-state index contributed by atoms with van der Waals surface area (Å²) < 4.78 is 0. The van der Waals surface area contributed by atoms with E-state index in [0.717, 1.165) is 0 Å². The summed E-state index contributed by atoms with van der Waals surface area (Å²) in [4.78, 5) is 0. The van der Waals surface area contributed by atoms with E-state index < -0.39 is 0 Å². The van der Waals surface area contributed by atoms with Crippen LogP contribution in [0.2, 0.25) is 0 Å². The molecule has 0 radical (unpaired) electrons. The molecule has 0 aliphatic heterocycles. The summed E-state index contributed by atoms with van der Waals surface area (Å²) in [6.07, 6.45) is -0.167. The van der Waals surface area contributed by atoms with Gasteiger partial charge in [0.25, 0.3) is 0 Å². The first kappa shape index (κ1) is 72.2. The lowest BCUT2D eigenvalue weighted by atomic mass is 10.5. The first-order valence-electron chi connectivity index (χ1n) is 6.76. The number of aliphatic hydroxyl groups is 1. The van der Waals surface area contributed by atoms with Crippen molar-refractivity contribution >= 4 is 232 Å². The predicted molar refractivity (Wildman–Crippen MR) is 183 cm³/mol. The van der Waals surface area contributed by atoms with Gasteiger partial charge >= 0.3 is 0 Å². The Balaban J connectivity index is -0.0000000190. The molecule has 21 heteroatoms. The lowest BCUT2D eigenvalue weighted by Gasteiger charge is -1.80. The van der Waals surface area contributed by atoms with E-state index in [2.05, 4.69) is 0 Å². The number of aliphatic hydroxyl groups excluding tert-OH is 1. The molecule has 0 aliphatic rings. The molecule has 0 rings (SSSR count). The van der Waals surface area contributed by atoms with Crippen LogP contribution in [-0.2, 0) is 0 Å². The van der Waals surface area contributed by atoms with Gasteiger partial charge < -0.3 is 5.11 Å². The Morgan fingerprint density at radius 3 is 0.294 bits per heavy atom. The summed E-state index contributed by atoms with van der Waals surface area (Å²) in [6, 6.07) is 0. The molecule has 34 heavy (non-hydrogen) atoms. The molecule has 0 aromatic carbocycles. The van der Waals surface area contributed by atoms with Gasteiger partial charge in [-0.1, -0.05) is 0 Å². The summed E-state index contributed by atoms with van der Waals surface area (Å²) in [5.41, 5.74) is 0. The van der Waals surface area contributed by atoms with Crippen LogP contribution in [0, 0.1) is 0 Å². The maximum Gasteiger partial charge on any atom is 0.0967 e. The third kappa shape index (κ3) is 1540. The van der Waals surface area contributed by atoms with E-state index in [1.807, 2.05) is 0 Å². The van der Waals surface area contributed by atoms with Gasteiger partial charge in [0, 0.05) is 6.10 Å². The molecule has 0 aromatic rings. The smallest absolute Gasteiger partial charge is 0.0967 e. The van der Waals surface area contributed by atoms with Gasteiger partial charge in [0.1, 0.15) is 0 Å². The van der Waals surface area contributed by atoms with Crippen molar-refractivity contribution in [3.8, 4) is 0 Å². The number of hydrogen-bond acceptors (Lipinski definition) is 1. The van der Waals surface area contributed by atoms with Crippen LogP contribution in [0.5, 0.6) is 0 Å². The summed E-state index contributed by atoms with van der Waals surface area (Å²) in [5, 5.41) is 10.0. The van der Waals surface area contributed by atoms with E-state index in [9.17, 15) is 0 Å². The van der Waals surface area contributed by atoms with Crippen LogP contribution in [0.3, 0.4) is 0 Å². The second kappa shape index (κ2) is 157. The minimum Gasteiger partial charge on any atom is -0.394 e. The average molecular weight is 909 g/mol. The number of rotatable bonds is 0. The van der Waals surface area contributed by atoms with Crippen molar-refractivity contribution < 1.29 is 5.11 Å². The molecule has 0 saturated carbocycles. The fourth-order valence-corrected chi connectivity index (χ4v) is 0. The zero-order valence-electron chi connectivity index (χ0n) is 17.7. The maximum atomic E-state index is 8.06. The van der Waals surface area contributed by atoms with E-state index in [1.54, 1.807) is 13.8 Å². The third-order valence-electron chi connectivity index (χ3n) is 0. The zero-order valence-corrected chi connectivity index (χ0v) is 32.8. The Labute approximate surface area is 306 Å². The van der Waals surface area contributed by atoms with Crippen molar-refractivity contribution in [3.05, 3.63) is 0 Å². The maximum absolute atomic E-state index is 8.06. The van der Waals surface area contributed by atoms with Crippen LogP contribution in [-0.4, -0.2) is 64.6 Å². The Hall–Kier alpha value is 5.76. The van der Waals surface area contributed by atoms with Gasteiger partial charge in [-0.25, -0.2) is 0 Å². The quantitative estimate of drug-likeness (QED) is 0.240. The van der Waals surface area contributed by atoms with Gasteiger partial charge in [-0.05, 0) is 13.8 Å². The van der Waals surface area contributed by atoms with Crippen LogP contribution >= 0.6 is 232 Å². The summed E-state index contributed by atoms with van der Waals surface area (Å²) in [5.74, 6) is 0. The lowest BCUT2D eigenvalue weighted by Crippen LogP contribution is -1.85. The number of alkyl halides is 20. The van der Waals surface area contributed by atoms with Gasteiger partial charge in [-0.15, -0.1) is 232 Å². The second-order valence-corrected chi connectivity index (χ2v) is 10.2. The molecule has 0 bridgehead atoms. The molecule has 1 N–H and O–H groups in total. The summed E-state index contributed by atoms with van der Waals surface area (Å²) in [7, 11) is 0. The van der Waals surface area contributed by atoms with E-state index in [0.29, 0.717) is 0 Å². The fraction of sp³-hybridized carbons (Fsp3) is 1.00. The van der Waals surface area contributed by atoms with E-state index in [-0.39, 0.29) is 59.5 Å². The normalized spacial score (nSPS) is 6.35. The van der Waals surface area contributed by atoms with Crippen LogP contribution in [0.1, 0.15) is 13.8 Å². The predicted octanol–water partition coefficient (Wildman–Crippen LogP) is 14.6. The van der Waals surface area contributed by atoms with Gasteiger partial charge in [-0.2, -0.15) is 0 Å². The SMILES string of the molecule is CC(C)O.ClCCl.ClCCl.ClCCl.ClCCl.ClCCl.ClCCl.ClCCl.ClCCl.ClCCl.ClCCl. The molecule has 0 aromatic heterocycles. The van der Waals surface area contributed by atoms with Crippen molar-refractivity contribution in [3.63, 3.8) is 0 Å². The Morgan fingerprint density at radius 2 is 0.294 bits per heavy atom. The molecule has 0 amide bonds. The van der Waals surface area contributed by atoms with Crippen LogP contribution in [0.4, 0.5) is 0 Å². The lowest BCUT2D eigenvalue weighted by molar-refractivity contribution is 0.216. The fourth-order valence-electron chi connectivity index (χ4n) is 0. The molecule has 0 unspecified atom stereocenters. The highest BCUT2D eigenvalue weighted by atomic mass is 35.6. The minimum atomic E-state index is -0.167. The van der Waals surface area contributed by atoms with Crippen molar-refractivity contribution in [2.75, 3.05) is 53.4 Å². The van der Waals surface area contributed by atoms with E-state index in [1.165, 1.54) is 0 Å². The molecule has 1 nitrogen and oxygen atoms in total. The molecule has 0 aliphatic carbocycles. The van der Waals surface area contributed by atoms with Crippen LogP contribution in [0.15, 0.2) is 0 Å². The molecular formula is C13H28Cl20O. The molecule has 226 valence electrons. The van der Waals surface area contributed by atoms with Gasteiger partial charge in [0.15, 0.2) is 0 Å². The second-order valence-electron chi connectivity index (χ2n) is 2.10. The van der Waals surface area contributed by atoms with Crippen molar-refractivity contribution in [1.82, 2.24) is 0 Å². The monoisotopic (exact) mass is 900 g/mol. The average Bonchev–Trinajstić information content (AvgIpc) is 2.67. The van der Waals surface area contributed by atoms with Gasteiger partial charge in [0.2, 0.25) is 0 Å². The van der Waals surface area contributed by atoms with Crippen molar-refractivity contribution in [2.45, 2.75) is 20.0 Å². The topological polar surface area (TPSA) is 20.2 Å². The highest BCUT2D eigenvalue weighted by Crippen LogP contribution is 1.75. The van der Waals surface area contributed by atoms with E-state index in [4.69, 9.17) is 237 Å². The molecule has 0 atom stereocenters. The zero-order chi connectivity index (χ0) is 30.6. The van der Waals surface area contributed by atoms with Crippen molar-refractivity contribution in [1.29, 1.82) is 0 Å². The Morgan fingerprint density at radius 1 is 0.294 bits per heavy atom. The summed E-state index contributed by atoms with van der Waals surface area (Å²) >= 11 is 95.3. The Kier molecular flexibility index (Phi) is 334. The molecule has 0 saturated heterocycles. The third-order valence-corrected chi connectivity index (χ3v) is 0. The summed E-state index contributed by atoms with van der Waals surface area (Å²) in [6.45, 7) is 3.44. The number of halogens is 20. The minimum absolute atomic E-state index is 0.167. The molecular weight excluding hydrogens is 881 g/mol. The van der Waals surface area contributed by atoms with Crippen LogP contribution < -0.4 is 0 Å². The number of hydrogen-bond donors (Lipinski definition) is 1. The van der Waals surface area contributed by atoms with E-state index >= 15 is 0 Å². The van der Waals surface area contributed by atoms with Crippen molar-refractivity contribution in [2.24, 2.45) is 0 Å². The standard InChI is InChI=1S/C3H8O.10CH2Cl2/c1-3(2)4;10*2-1-3/h3-4H,1-2H3;10*1H2. The highest BCUT2D eigenvalue weighted by molar-refractivity contribution is 6.43. The highest BCUT2D eigenvalue weighted by Gasteiger charge is 1.69. The van der Waals surface area contributed by atoms with Crippen LogP contribution in [0.25, 0.3) is 0 Å².